The predicted molar refractivity (Wildman–Crippen MR) is 131 cm³/mol. The molecule has 10 nitrogen and oxygen atoms in total. The first-order valence-electron chi connectivity index (χ1n) is 13.1. The number of ether oxygens (including phenoxy) is 5. The van der Waals surface area contributed by atoms with Gasteiger partial charge in [0.25, 0.3) is 0 Å². The summed E-state index contributed by atoms with van der Waals surface area (Å²) in [5, 5.41) is 0. The monoisotopic (exact) mass is 532 g/mol. The highest BCUT2D eigenvalue weighted by molar-refractivity contribution is 5.93. The Hall–Kier alpha value is -3.01. The van der Waals surface area contributed by atoms with E-state index in [4.69, 9.17) is 23.7 Å². The highest BCUT2D eigenvalue weighted by Gasteiger charge is 2.87. The number of esters is 4. The van der Waals surface area contributed by atoms with Gasteiger partial charge in [-0.25, -0.2) is 4.79 Å². The van der Waals surface area contributed by atoms with Crippen LogP contribution in [0.5, 0.6) is 0 Å². The second-order valence-electron chi connectivity index (χ2n) is 11.2. The molecule has 0 bridgehead atoms. The van der Waals surface area contributed by atoms with Gasteiger partial charge in [0, 0.05) is 43.9 Å². The van der Waals surface area contributed by atoms with Crippen LogP contribution in [0.25, 0.3) is 0 Å². The summed E-state index contributed by atoms with van der Waals surface area (Å²) >= 11 is 0. The summed E-state index contributed by atoms with van der Waals surface area (Å²) in [6, 6.07) is 0. The Kier molecular flexibility index (Phi) is 7.10. The molecule has 0 aromatic heterocycles. The van der Waals surface area contributed by atoms with Gasteiger partial charge in [0.1, 0.15) is 18.3 Å². The number of carbonyl (C=O) groups is 5. The lowest BCUT2D eigenvalue weighted by atomic mass is 9.57. The van der Waals surface area contributed by atoms with Gasteiger partial charge in [-0.15, -0.1) is 0 Å². The van der Waals surface area contributed by atoms with Crippen molar-refractivity contribution in [3.8, 4) is 0 Å². The Morgan fingerprint density at radius 1 is 1.05 bits per heavy atom. The number of carbonyl (C=O) groups excluding carboxylic acids is 5. The molecule has 2 fully saturated rings. The maximum Gasteiger partial charge on any atom is 0.342 e. The summed E-state index contributed by atoms with van der Waals surface area (Å²) in [6.07, 6.45) is 1.63. The van der Waals surface area contributed by atoms with Gasteiger partial charge in [0.15, 0.2) is 23.1 Å². The molecule has 208 valence electrons. The van der Waals surface area contributed by atoms with Crippen LogP contribution < -0.4 is 0 Å². The predicted octanol–water partition coefficient (Wildman–Crippen LogP) is 2.76. The molecule has 2 heterocycles. The average Bonchev–Trinajstić information content (AvgIpc) is 3.40. The normalized spacial score (nSPS) is 41.5. The van der Waals surface area contributed by atoms with E-state index in [1.165, 1.54) is 19.9 Å². The second kappa shape index (κ2) is 9.63. The third kappa shape index (κ3) is 4.26. The molecule has 0 unspecified atom stereocenters. The van der Waals surface area contributed by atoms with Crippen LogP contribution in [0.1, 0.15) is 67.7 Å². The van der Waals surface area contributed by atoms with E-state index >= 15 is 0 Å². The zero-order valence-corrected chi connectivity index (χ0v) is 22.9. The quantitative estimate of drug-likeness (QED) is 0.225. The number of epoxide rings is 1. The first-order valence-corrected chi connectivity index (χ1v) is 13.1. The molecule has 0 saturated carbocycles. The Bertz CT molecular complexity index is 1120. The molecule has 0 amide bonds. The molecule has 2 aliphatic carbocycles. The number of hydrogen-bond acceptors (Lipinski definition) is 10. The Balaban J connectivity index is 1.98. The van der Waals surface area contributed by atoms with Crippen molar-refractivity contribution < 1.29 is 47.7 Å². The van der Waals surface area contributed by atoms with E-state index in [1.807, 2.05) is 6.92 Å². The van der Waals surface area contributed by atoms with E-state index in [-0.39, 0.29) is 18.6 Å². The van der Waals surface area contributed by atoms with E-state index in [1.54, 1.807) is 39.8 Å². The molecule has 4 rings (SSSR count). The standard InChI is InChI=1S/C28H36O10/c1-8-9-21(32)36-19-12-14(2)13-20-28(27(7,38-28)25(33)37-20)24(35-17(5)30)22-15(3)18(31)10-11-26(22,6)23(19)34-16(4)29/h10-11,13,15,19-20,22-24H,8-9,12H2,1-7H3/t15-,19-,20-,22+,23-,24-,26-,27-,28-/m0/s1. The van der Waals surface area contributed by atoms with Gasteiger partial charge >= 0.3 is 23.9 Å². The van der Waals surface area contributed by atoms with Crippen LogP contribution in [-0.4, -0.2) is 65.3 Å². The first kappa shape index (κ1) is 28.0. The van der Waals surface area contributed by atoms with Crippen LogP contribution >= 0.6 is 0 Å². The van der Waals surface area contributed by atoms with Crippen molar-refractivity contribution in [2.45, 2.75) is 103 Å². The highest BCUT2D eigenvalue weighted by Crippen LogP contribution is 2.64. The van der Waals surface area contributed by atoms with Crippen LogP contribution in [0.4, 0.5) is 0 Å². The van der Waals surface area contributed by atoms with Gasteiger partial charge < -0.3 is 23.7 Å². The van der Waals surface area contributed by atoms with E-state index in [2.05, 4.69) is 0 Å². The van der Waals surface area contributed by atoms with Gasteiger partial charge in [-0.3, -0.25) is 19.2 Å². The molecule has 38 heavy (non-hydrogen) atoms. The van der Waals surface area contributed by atoms with Crippen LogP contribution in [0.2, 0.25) is 0 Å². The minimum atomic E-state index is -1.40. The van der Waals surface area contributed by atoms with Gasteiger partial charge in [-0.05, 0) is 32.4 Å². The van der Waals surface area contributed by atoms with Crippen molar-refractivity contribution in [3.05, 3.63) is 23.8 Å². The molecule has 2 saturated heterocycles. The summed E-state index contributed by atoms with van der Waals surface area (Å²) in [5.74, 6) is -4.08. The summed E-state index contributed by atoms with van der Waals surface area (Å²) in [7, 11) is 0. The molecule has 0 radical (unpaired) electrons. The number of allylic oxidation sites excluding steroid dienone is 1. The van der Waals surface area contributed by atoms with Gasteiger partial charge in [-0.1, -0.05) is 32.4 Å². The Morgan fingerprint density at radius 2 is 1.68 bits per heavy atom. The van der Waals surface area contributed by atoms with E-state index in [0.717, 1.165) is 0 Å². The number of fused-ring (bicyclic) bond motifs is 1. The Morgan fingerprint density at radius 3 is 2.26 bits per heavy atom. The van der Waals surface area contributed by atoms with Crippen molar-refractivity contribution in [2.24, 2.45) is 17.3 Å². The van der Waals surface area contributed by atoms with Crippen molar-refractivity contribution in [3.63, 3.8) is 0 Å². The maximum absolute atomic E-state index is 13.1. The van der Waals surface area contributed by atoms with Crippen molar-refractivity contribution in [1.82, 2.24) is 0 Å². The third-order valence-corrected chi connectivity index (χ3v) is 8.42. The minimum absolute atomic E-state index is 0.169. The lowest BCUT2D eigenvalue weighted by Crippen LogP contribution is -2.61. The number of rotatable bonds is 5. The van der Waals surface area contributed by atoms with Gasteiger partial charge in [0.05, 0.1) is 0 Å². The van der Waals surface area contributed by atoms with Gasteiger partial charge in [0.2, 0.25) is 0 Å². The topological polar surface area (TPSA) is 135 Å². The van der Waals surface area contributed by atoms with Gasteiger partial charge in [-0.2, -0.15) is 0 Å². The number of hydrogen-bond donors (Lipinski definition) is 0. The lowest BCUT2D eigenvalue weighted by Gasteiger charge is -2.51. The SMILES string of the molecule is CCCC(=O)O[C@H]1CC(C)=C[C@@H]2OC(=O)[C@]3(C)O[C@]23[C@@H](OC(C)=O)[C@H]2[C@@H](C)C(=O)C=C[C@]2(C)[C@H]1OC(C)=O. The van der Waals surface area contributed by atoms with E-state index in [9.17, 15) is 24.0 Å². The summed E-state index contributed by atoms with van der Waals surface area (Å²) in [6.45, 7) is 11.2. The average molecular weight is 533 g/mol. The zero-order valence-electron chi connectivity index (χ0n) is 22.9. The smallest absolute Gasteiger partial charge is 0.342 e. The van der Waals surface area contributed by atoms with E-state index in [0.29, 0.717) is 12.0 Å². The molecule has 0 aromatic rings. The molecule has 2 aliphatic heterocycles. The fourth-order valence-corrected chi connectivity index (χ4v) is 6.60. The first-order chi connectivity index (χ1) is 17.7. The molecule has 0 N–H and O–H groups in total. The second-order valence-corrected chi connectivity index (χ2v) is 11.2. The van der Waals surface area contributed by atoms with Crippen molar-refractivity contribution in [2.75, 3.05) is 0 Å². The zero-order chi connectivity index (χ0) is 28.2. The Labute approximate surface area is 222 Å². The van der Waals surface area contributed by atoms with Crippen molar-refractivity contribution in [1.29, 1.82) is 0 Å². The fourth-order valence-electron chi connectivity index (χ4n) is 6.60. The largest absolute Gasteiger partial charge is 0.459 e. The molecular weight excluding hydrogens is 496 g/mol. The highest BCUT2D eigenvalue weighted by atomic mass is 16.7. The third-order valence-electron chi connectivity index (χ3n) is 8.42. The van der Waals surface area contributed by atoms with Crippen LogP contribution in [0.15, 0.2) is 23.8 Å². The molecular formula is C28H36O10. The molecule has 1 spiro atoms. The fraction of sp³-hybridized carbons (Fsp3) is 0.679. The molecule has 10 heteroatoms. The molecule has 0 aromatic carbocycles. The van der Waals surface area contributed by atoms with Crippen molar-refractivity contribution >= 4 is 29.7 Å². The van der Waals surface area contributed by atoms with Crippen LogP contribution in [-0.2, 0) is 47.7 Å². The molecule has 4 aliphatic rings. The lowest BCUT2D eigenvalue weighted by molar-refractivity contribution is -0.193. The van der Waals surface area contributed by atoms with Crippen LogP contribution in [0, 0.1) is 17.3 Å². The minimum Gasteiger partial charge on any atom is -0.459 e. The van der Waals surface area contributed by atoms with Crippen LogP contribution in [0.3, 0.4) is 0 Å². The van der Waals surface area contributed by atoms with E-state index < -0.39 is 76.7 Å². The number of ketones is 1. The summed E-state index contributed by atoms with van der Waals surface area (Å²) < 4.78 is 29.6. The molecule has 9 atom stereocenters. The summed E-state index contributed by atoms with van der Waals surface area (Å²) in [5.41, 5.74) is -3.27. The maximum atomic E-state index is 13.1. The summed E-state index contributed by atoms with van der Waals surface area (Å²) in [4.78, 5) is 63.7.